The monoisotopic (exact) mass is 386 g/mol. The van der Waals surface area contributed by atoms with Gasteiger partial charge in [-0.2, -0.15) is 5.26 Å². The summed E-state index contributed by atoms with van der Waals surface area (Å²) < 4.78 is 5.50. The number of para-hydroxylation sites is 2. The zero-order chi connectivity index (χ0) is 20.6. The van der Waals surface area contributed by atoms with Crippen LogP contribution in [0.2, 0.25) is 0 Å². The molecule has 2 aromatic carbocycles. The number of hydrogen-bond acceptors (Lipinski definition) is 5. The maximum Gasteiger partial charge on any atom is 0.257 e. The molecule has 0 atom stereocenters. The number of carbonyl (C=O) groups is 2. The van der Waals surface area contributed by atoms with Gasteiger partial charge in [0.05, 0.1) is 35.1 Å². The van der Waals surface area contributed by atoms with Crippen molar-refractivity contribution in [3.05, 3.63) is 83.7 Å². The Hall–Kier alpha value is -4.18. The van der Waals surface area contributed by atoms with Gasteiger partial charge in [0, 0.05) is 18.1 Å². The lowest BCUT2D eigenvalue weighted by molar-refractivity contribution is 0.102. The summed E-state index contributed by atoms with van der Waals surface area (Å²) in [5.74, 6) is -0.254. The van der Waals surface area contributed by atoms with Gasteiger partial charge in [-0.3, -0.25) is 14.6 Å². The van der Waals surface area contributed by atoms with Crippen molar-refractivity contribution in [1.82, 2.24) is 4.98 Å². The minimum Gasteiger partial charge on any atom is -0.492 e. The SMILES string of the molecule is CCOc1ccccc1NC(=O)c1cncc(C(=O)Nc2ccc(C#N)cc2)c1. The second kappa shape index (κ2) is 9.15. The molecular weight excluding hydrogens is 368 g/mol. The number of ether oxygens (including phenoxy) is 1. The molecule has 0 aliphatic rings. The Morgan fingerprint density at radius 2 is 1.66 bits per heavy atom. The van der Waals surface area contributed by atoms with Crippen LogP contribution in [0.3, 0.4) is 0 Å². The van der Waals surface area contributed by atoms with Crippen molar-refractivity contribution in [2.75, 3.05) is 17.2 Å². The van der Waals surface area contributed by atoms with E-state index in [2.05, 4.69) is 15.6 Å². The number of aromatic nitrogens is 1. The molecule has 0 aliphatic heterocycles. The first-order valence-corrected chi connectivity index (χ1v) is 8.90. The highest BCUT2D eigenvalue weighted by molar-refractivity contribution is 6.08. The van der Waals surface area contributed by atoms with Crippen LogP contribution < -0.4 is 15.4 Å². The number of nitriles is 1. The van der Waals surface area contributed by atoms with Crippen LogP contribution in [-0.2, 0) is 0 Å². The maximum absolute atomic E-state index is 12.6. The third-order valence-electron chi connectivity index (χ3n) is 3.97. The zero-order valence-corrected chi connectivity index (χ0v) is 15.7. The molecule has 0 unspecified atom stereocenters. The van der Waals surface area contributed by atoms with Crippen LogP contribution in [0.4, 0.5) is 11.4 Å². The van der Waals surface area contributed by atoms with E-state index in [4.69, 9.17) is 10.00 Å². The smallest absolute Gasteiger partial charge is 0.257 e. The Labute approximate surface area is 168 Å². The number of carbonyl (C=O) groups excluding carboxylic acids is 2. The molecule has 144 valence electrons. The average molecular weight is 386 g/mol. The van der Waals surface area contributed by atoms with E-state index in [0.717, 1.165) is 0 Å². The van der Waals surface area contributed by atoms with Gasteiger partial charge >= 0.3 is 0 Å². The molecule has 7 heteroatoms. The van der Waals surface area contributed by atoms with E-state index in [1.54, 1.807) is 42.5 Å². The largest absolute Gasteiger partial charge is 0.492 e. The normalized spacial score (nSPS) is 9.93. The van der Waals surface area contributed by atoms with Crippen LogP contribution in [0.5, 0.6) is 5.75 Å². The molecule has 0 fully saturated rings. The topological polar surface area (TPSA) is 104 Å². The quantitative estimate of drug-likeness (QED) is 0.669. The summed E-state index contributed by atoms with van der Waals surface area (Å²) in [7, 11) is 0. The average Bonchev–Trinajstić information content (AvgIpc) is 2.76. The predicted octanol–water partition coefficient (Wildman–Crippen LogP) is 3.86. The van der Waals surface area contributed by atoms with E-state index in [-0.39, 0.29) is 11.1 Å². The molecule has 1 heterocycles. The summed E-state index contributed by atoms with van der Waals surface area (Å²) in [5.41, 5.74) is 2.04. The minimum absolute atomic E-state index is 0.236. The second-order valence-corrected chi connectivity index (χ2v) is 5.99. The van der Waals surface area contributed by atoms with Crippen LogP contribution >= 0.6 is 0 Å². The first-order valence-electron chi connectivity index (χ1n) is 8.90. The number of hydrogen-bond donors (Lipinski definition) is 2. The van der Waals surface area contributed by atoms with Crippen molar-refractivity contribution in [3.8, 4) is 11.8 Å². The van der Waals surface area contributed by atoms with E-state index >= 15 is 0 Å². The molecule has 0 saturated carbocycles. The summed E-state index contributed by atoms with van der Waals surface area (Å²) in [6.07, 6.45) is 2.76. The maximum atomic E-state index is 12.6. The van der Waals surface area contributed by atoms with Crippen molar-refractivity contribution in [2.45, 2.75) is 6.92 Å². The summed E-state index contributed by atoms with van der Waals surface area (Å²) in [4.78, 5) is 29.1. The predicted molar refractivity (Wildman–Crippen MR) is 109 cm³/mol. The number of amides is 2. The molecule has 7 nitrogen and oxygen atoms in total. The van der Waals surface area contributed by atoms with Crippen molar-refractivity contribution in [1.29, 1.82) is 5.26 Å². The lowest BCUT2D eigenvalue weighted by Gasteiger charge is -2.11. The van der Waals surface area contributed by atoms with E-state index in [9.17, 15) is 9.59 Å². The number of anilines is 2. The molecule has 2 amide bonds. The summed E-state index contributed by atoms with van der Waals surface area (Å²) in [6, 6.07) is 17.0. The van der Waals surface area contributed by atoms with Gasteiger partial charge in [-0.15, -0.1) is 0 Å². The van der Waals surface area contributed by atoms with Gasteiger partial charge in [0.1, 0.15) is 5.75 Å². The van der Waals surface area contributed by atoms with Gasteiger partial charge in [0.2, 0.25) is 0 Å². The van der Waals surface area contributed by atoms with Crippen molar-refractivity contribution in [2.24, 2.45) is 0 Å². The molecule has 2 N–H and O–H groups in total. The highest BCUT2D eigenvalue weighted by Gasteiger charge is 2.13. The van der Waals surface area contributed by atoms with Gasteiger partial charge in [-0.05, 0) is 49.4 Å². The molecule has 0 bridgehead atoms. The summed E-state index contributed by atoms with van der Waals surface area (Å²) in [6.45, 7) is 2.33. The molecule has 29 heavy (non-hydrogen) atoms. The first kappa shape index (κ1) is 19.6. The second-order valence-electron chi connectivity index (χ2n) is 5.99. The Bertz CT molecular complexity index is 1070. The molecule has 3 aromatic rings. The van der Waals surface area contributed by atoms with Crippen LogP contribution in [-0.4, -0.2) is 23.4 Å². The number of pyridine rings is 1. The van der Waals surface area contributed by atoms with E-state index in [1.165, 1.54) is 18.5 Å². The van der Waals surface area contributed by atoms with Gasteiger partial charge in [-0.25, -0.2) is 0 Å². The molecule has 0 saturated heterocycles. The van der Waals surface area contributed by atoms with Crippen LogP contribution in [0, 0.1) is 11.3 Å². The molecule has 0 spiro atoms. The fourth-order valence-corrected chi connectivity index (χ4v) is 2.57. The zero-order valence-electron chi connectivity index (χ0n) is 15.7. The fraction of sp³-hybridized carbons (Fsp3) is 0.0909. The number of rotatable bonds is 6. The van der Waals surface area contributed by atoms with Crippen molar-refractivity contribution < 1.29 is 14.3 Å². The molecular formula is C22H18N4O3. The lowest BCUT2D eigenvalue weighted by atomic mass is 10.1. The standard InChI is InChI=1S/C22H18N4O3/c1-2-29-20-6-4-3-5-19(20)26-22(28)17-11-16(13-24-14-17)21(27)25-18-9-7-15(12-23)8-10-18/h3-11,13-14H,2H2,1H3,(H,25,27)(H,26,28). The third kappa shape index (κ3) is 4.96. The highest BCUT2D eigenvalue weighted by Crippen LogP contribution is 2.24. The Kier molecular flexibility index (Phi) is 6.18. The van der Waals surface area contributed by atoms with Gasteiger partial charge in [0.25, 0.3) is 11.8 Å². The Morgan fingerprint density at radius 1 is 1.00 bits per heavy atom. The molecule has 0 radical (unpaired) electrons. The molecule has 3 rings (SSSR count). The fourth-order valence-electron chi connectivity index (χ4n) is 2.57. The van der Waals surface area contributed by atoms with Crippen LogP contribution in [0.15, 0.2) is 67.0 Å². The van der Waals surface area contributed by atoms with E-state index in [1.807, 2.05) is 19.1 Å². The molecule has 1 aromatic heterocycles. The minimum atomic E-state index is -0.411. The van der Waals surface area contributed by atoms with Crippen molar-refractivity contribution >= 4 is 23.2 Å². The first-order chi connectivity index (χ1) is 14.1. The van der Waals surface area contributed by atoms with Crippen LogP contribution in [0.25, 0.3) is 0 Å². The Morgan fingerprint density at radius 3 is 2.31 bits per heavy atom. The Balaban J connectivity index is 1.74. The lowest BCUT2D eigenvalue weighted by Crippen LogP contribution is -2.16. The van der Waals surface area contributed by atoms with Gasteiger partial charge in [0.15, 0.2) is 0 Å². The number of benzene rings is 2. The third-order valence-corrected chi connectivity index (χ3v) is 3.97. The van der Waals surface area contributed by atoms with Crippen LogP contribution in [0.1, 0.15) is 33.2 Å². The van der Waals surface area contributed by atoms with Gasteiger partial charge in [-0.1, -0.05) is 12.1 Å². The van der Waals surface area contributed by atoms with E-state index in [0.29, 0.717) is 29.3 Å². The summed E-state index contributed by atoms with van der Waals surface area (Å²) in [5, 5.41) is 14.3. The number of nitrogens with zero attached hydrogens (tertiary/aromatic N) is 2. The summed E-state index contributed by atoms with van der Waals surface area (Å²) >= 11 is 0. The van der Waals surface area contributed by atoms with E-state index < -0.39 is 11.8 Å². The highest BCUT2D eigenvalue weighted by atomic mass is 16.5. The molecule has 0 aliphatic carbocycles. The van der Waals surface area contributed by atoms with Crippen molar-refractivity contribution in [3.63, 3.8) is 0 Å². The number of nitrogens with one attached hydrogen (secondary N) is 2. The van der Waals surface area contributed by atoms with Gasteiger partial charge < -0.3 is 15.4 Å².